The Morgan fingerprint density at radius 3 is 2.67 bits per heavy atom. The first-order chi connectivity index (χ1) is 9.79. The van der Waals surface area contributed by atoms with E-state index >= 15 is 0 Å². The SMILES string of the molecule is CCNCC1CCN(CCOc2ccccc2Cl)CC1.Cl. The van der Waals surface area contributed by atoms with Crippen LogP contribution in [0.25, 0.3) is 0 Å². The molecule has 1 aliphatic rings. The number of para-hydroxylation sites is 1. The molecule has 0 aliphatic carbocycles. The second kappa shape index (κ2) is 10.3. The lowest BCUT2D eigenvalue weighted by molar-refractivity contribution is 0.154. The van der Waals surface area contributed by atoms with Crippen LogP contribution in [-0.2, 0) is 0 Å². The summed E-state index contributed by atoms with van der Waals surface area (Å²) in [6, 6.07) is 7.66. The Labute approximate surface area is 139 Å². The highest BCUT2D eigenvalue weighted by Gasteiger charge is 2.18. The fourth-order valence-electron chi connectivity index (χ4n) is 2.61. The van der Waals surface area contributed by atoms with Crippen molar-refractivity contribution in [3.05, 3.63) is 29.3 Å². The lowest BCUT2D eigenvalue weighted by Crippen LogP contribution is -2.39. The lowest BCUT2D eigenvalue weighted by atomic mass is 9.97. The molecule has 1 heterocycles. The summed E-state index contributed by atoms with van der Waals surface area (Å²) in [5.74, 6) is 1.63. The van der Waals surface area contributed by atoms with Gasteiger partial charge in [0, 0.05) is 6.54 Å². The number of benzene rings is 1. The zero-order chi connectivity index (χ0) is 14.2. The zero-order valence-electron chi connectivity index (χ0n) is 12.7. The molecule has 2 rings (SSSR count). The Balaban J connectivity index is 0.00000220. The molecule has 120 valence electrons. The maximum absolute atomic E-state index is 6.07. The minimum Gasteiger partial charge on any atom is -0.491 e. The molecule has 21 heavy (non-hydrogen) atoms. The van der Waals surface area contributed by atoms with Crippen molar-refractivity contribution >= 4 is 24.0 Å². The smallest absolute Gasteiger partial charge is 0.137 e. The summed E-state index contributed by atoms with van der Waals surface area (Å²) in [7, 11) is 0. The predicted molar refractivity (Wildman–Crippen MR) is 91.9 cm³/mol. The van der Waals surface area contributed by atoms with Crippen LogP contribution in [0, 0.1) is 5.92 Å². The highest BCUT2D eigenvalue weighted by Crippen LogP contribution is 2.23. The molecule has 1 N–H and O–H groups in total. The van der Waals surface area contributed by atoms with E-state index in [1.807, 2.05) is 24.3 Å². The van der Waals surface area contributed by atoms with Crippen molar-refractivity contribution in [3.63, 3.8) is 0 Å². The molecular formula is C16H26Cl2N2O. The van der Waals surface area contributed by atoms with E-state index in [0.29, 0.717) is 11.6 Å². The zero-order valence-corrected chi connectivity index (χ0v) is 14.3. The van der Waals surface area contributed by atoms with Crippen LogP contribution < -0.4 is 10.1 Å². The number of hydrogen-bond donors (Lipinski definition) is 1. The van der Waals surface area contributed by atoms with Crippen LogP contribution in [0.4, 0.5) is 0 Å². The summed E-state index contributed by atoms with van der Waals surface area (Å²) in [5, 5.41) is 4.14. The van der Waals surface area contributed by atoms with E-state index in [0.717, 1.165) is 24.8 Å². The van der Waals surface area contributed by atoms with E-state index in [9.17, 15) is 0 Å². The molecule has 0 radical (unpaired) electrons. The van der Waals surface area contributed by atoms with Gasteiger partial charge in [0.05, 0.1) is 5.02 Å². The van der Waals surface area contributed by atoms with Crippen LogP contribution in [0.1, 0.15) is 19.8 Å². The molecule has 1 aromatic carbocycles. The number of halogens is 2. The van der Waals surface area contributed by atoms with Crippen LogP contribution in [0.15, 0.2) is 24.3 Å². The summed E-state index contributed by atoms with van der Waals surface area (Å²) in [6.45, 7) is 8.47. The van der Waals surface area contributed by atoms with Gasteiger partial charge in [-0.05, 0) is 57.1 Å². The van der Waals surface area contributed by atoms with Gasteiger partial charge >= 0.3 is 0 Å². The highest BCUT2D eigenvalue weighted by molar-refractivity contribution is 6.32. The van der Waals surface area contributed by atoms with Gasteiger partial charge < -0.3 is 10.1 Å². The van der Waals surface area contributed by atoms with E-state index in [1.165, 1.54) is 32.5 Å². The Morgan fingerprint density at radius 1 is 1.29 bits per heavy atom. The average molecular weight is 333 g/mol. The Bertz CT molecular complexity index is 396. The van der Waals surface area contributed by atoms with Gasteiger partial charge in [-0.15, -0.1) is 12.4 Å². The van der Waals surface area contributed by atoms with E-state index in [4.69, 9.17) is 16.3 Å². The first-order valence-electron chi connectivity index (χ1n) is 7.60. The molecule has 0 saturated carbocycles. The fraction of sp³-hybridized carbons (Fsp3) is 0.625. The number of likely N-dealkylation sites (tertiary alicyclic amines) is 1. The Morgan fingerprint density at radius 2 is 2.00 bits per heavy atom. The molecule has 5 heteroatoms. The molecular weight excluding hydrogens is 307 g/mol. The quantitative estimate of drug-likeness (QED) is 0.827. The standard InChI is InChI=1S/C16H25ClN2O.ClH/c1-2-18-13-14-7-9-19(10-8-14)11-12-20-16-6-4-3-5-15(16)17;/h3-6,14,18H,2,7-13H2,1H3;1H. The molecule has 1 fully saturated rings. The van der Waals surface area contributed by atoms with Gasteiger partial charge in [0.1, 0.15) is 12.4 Å². The van der Waals surface area contributed by atoms with Crippen molar-refractivity contribution in [2.45, 2.75) is 19.8 Å². The minimum atomic E-state index is 0. The number of ether oxygens (including phenoxy) is 1. The van der Waals surface area contributed by atoms with Crippen molar-refractivity contribution in [1.82, 2.24) is 10.2 Å². The molecule has 0 amide bonds. The number of hydrogen-bond acceptors (Lipinski definition) is 3. The number of nitrogens with one attached hydrogen (secondary N) is 1. The number of piperidine rings is 1. The van der Waals surface area contributed by atoms with Gasteiger partial charge in [-0.1, -0.05) is 30.7 Å². The van der Waals surface area contributed by atoms with Crippen molar-refractivity contribution in [1.29, 1.82) is 0 Å². The summed E-state index contributed by atoms with van der Waals surface area (Å²) >= 11 is 6.07. The summed E-state index contributed by atoms with van der Waals surface area (Å²) in [6.07, 6.45) is 2.58. The molecule has 3 nitrogen and oxygen atoms in total. The minimum absolute atomic E-state index is 0. The van der Waals surface area contributed by atoms with Crippen LogP contribution in [0.2, 0.25) is 5.02 Å². The van der Waals surface area contributed by atoms with E-state index < -0.39 is 0 Å². The Hall–Kier alpha value is -0.480. The van der Waals surface area contributed by atoms with Crippen molar-refractivity contribution in [2.24, 2.45) is 5.92 Å². The second-order valence-corrected chi connectivity index (χ2v) is 5.78. The van der Waals surface area contributed by atoms with E-state index in [-0.39, 0.29) is 12.4 Å². The predicted octanol–water partition coefficient (Wildman–Crippen LogP) is 3.46. The second-order valence-electron chi connectivity index (χ2n) is 5.37. The maximum Gasteiger partial charge on any atom is 0.137 e. The van der Waals surface area contributed by atoms with Crippen molar-refractivity contribution < 1.29 is 4.74 Å². The van der Waals surface area contributed by atoms with Crippen molar-refractivity contribution in [2.75, 3.05) is 39.3 Å². The Kier molecular flexibility index (Phi) is 9.09. The molecule has 0 unspecified atom stereocenters. The van der Waals surface area contributed by atoms with Crippen molar-refractivity contribution in [3.8, 4) is 5.75 Å². The molecule has 1 aliphatic heterocycles. The molecule has 1 aromatic rings. The highest BCUT2D eigenvalue weighted by atomic mass is 35.5. The lowest BCUT2D eigenvalue weighted by Gasteiger charge is -2.31. The summed E-state index contributed by atoms with van der Waals surface area (Å²) in [5.41, 5.74) is 0. The van der Waals surface area contributed by atoms with Gasteiger partial charge in [-0.2, -0.15) is 0 Å². The molecule has 0 bridgehead atoms. The fourth-order valence-corrected chi connectivity index (χ4v) is 2.80. The first-order valence-corrected chi connectivity index (χ1v) is 7.97. The monoisotopic (exact) mass is 332 g/mol. The van der Waals surface area contributed by atoms with Gasteiger partial charge in [0.15, 0.2) is 0 Å². The third-order valence-corrected chi connectivity index (χ3v) is 4.20. The van der Waals surface area contributed by atoms with Crippen LogP contribution in [0.5, 0.6) is 5.75 Å². The summed E-state index contributed by atoms with van der Waals surface area (Å²) < 4.78 is 5.75. The molecule has 0 spiro atoms. The maximum atomic E-state index is 6.07. The van der Waals surface area contributed by atoms with Crippen LogP contribution >= 0.6 is 24.0 Å². The molecule has 1 saturated heterocycles. The largest absolute Gasteiger partial charge is 0.491 e. The molecule has 0 aromatic heterocycles. The van der Waals surface area contributed by atoms with Gasteiger partial charge in [0.25, 0.3) is 0 Å². The molecule has 0 atom stereocenters. The topological polar surface area (TPSA) is 24.5 Å². The first kappa shape index (κ1) is 18.6. The third-order valence-electron chi connectivity index (χ3n) is 3.89. The van der Waals surface area contributed by atoms with Gasteiger partial charge in [-0.3, -0.25) is 4.90 Å². The summed E-state index contributed by atoms with van der Waals surface area (Å²) in [4.78, 5) is 2.49. The van der Waals surface area contributed by atoms with Gasteiger partial charge in [-0.25, -0.2) is 0 Å². The van der Waals surface area contributed by atoms with Gasteiger partial charge in [0.2, 0.25) is 0 Å². The van der Waals surface area contributed by atoms with E-state index in [2.05, 4.69) is 17.1 Å². The van der Waals surface area contributed by atoms with E-state index in [1.54, 1.807) is 0 Å². The number of nitrogens with zero attached hydrogens (tertiary/aromatic N) is 1. The van der Waals surface area contributed by atoms with Crippen LogP contribution in [0.3, 0.4) is 0 Å². The number of rotatable bonds is 7. The average Bonchev–Trinajstić information content (AvgIpc) is 2.48. The van der Waals surface area contributed by atoms with Crippen LogP contribution in [-0.4, -0.2) is 44.2 Å². The normalized spacial score (nSPS) is 16.5. The third kappa shape index (κ3) is 6.43.